The number of halogens is 3. The average Bonchev–Trinajstić information content (AvgIpc) is 2.79. The first kappa shape index (κ1) is 12.5. The van der Waals surface area contributed by atoms with E-state index < -0.39 is 17.9 Å². The minimum Gasteiger partial charge on any atom is -0.320 e. The molecule has 0 aliphatic heterocycles. The predicted molar refractivity (Wildman–Crippen MR) is 59.3 cm³/mol. The van der Waals surface area contributed by atoms with Crippen molar-refractivity contribution in [2.45, 2.75) is 6.18 Å². The number of aromatic nitrogens is 2. The van der Waals surface area contributed by atoms with Crippen LogP contribution in [0.25, 0.3) is 0 Å². The lowest BCUT2D eigenvalue weighted by Crippen LogP contribution is -2.13. The molecule has 1 N–H and O–H groups in total. The Morgan fingerprint density at radius 2 is 1.89 bits per heavy atom. The zero-order chi connectivity index (χ0) is 13.2. The molecule has 0 fully saturated rings. The predicted octanol–water partition coefficient (Wildman–Crippen LogP) is 2.81. The molecule has 1 heterocycles. The highest BCUT2D eigenvalue weighted by Gasteiger charge is 2.36. The SMILES string of the molecule is O=C(Nc1ccccc1)c1nc(C(F)(F)F)ns1. The molecule has 2 aromatic rings. The third kappa shape index (κ3) is 2.83. The highest BCUT2D eigenvalue weighted by molar-refractivity contribution is 7.07. The van der Waals surface area contributed by atoms with Crippen LogP contribution in [0, 0.1) is 0 Å². The van der Waals surface area contributed by atoms with Gasteiger partial charge in [-0.05, 0) is 23.7 Å². The second-order valence-electron chi connectivity index (χ2n) is 3.24. The summed E-state index contributed by atoms with van der Waals surface area (Å²) in [6.07, 6.45) is -4.64. The molecule has 0 spiro atoms. The molecular formula is C10H6F3N3OS. The van der Waals surface area contributed by atoms with Crippen LogP contribution in [0.3, 0.4) is 0 Å². The van der Waals surface area contributed by atoms with Gasteiger partial charge in [-0.3, -0.25) is 4.79 Å². The van der Waals surface area contributed by atoms with Crippen LogP contribution in [0.15, 0.2) is 30.3 Å². The maximum absolute atomic E-state index is 12.2. The Balaban J connectivity index is 2.13. The molecule has 2 rings (SSSR count). The summed E-state index contributed by atoms with van der Waals surface area (Å²) in [6.45, 7) is 0. The van der Waals surface area contributed by atoms with E-state index in [9.17, 15) is 18.0 Å². The summed E-state index contributed by atoms with van der Waals surface area (Å²) >= 11 is 0.411. The molecule has 0 atom stereocenters. The topological polar surface area (TPSA) is 54.9 Å². The van der Waals surface area contributed by atoms with Gasteiger partial charge in [0.05, 0.1) is 0 Å². The van der Waals surface area contributed by atoms with Gasteiger partial charge in [0, 0.05) is 5.69 Å². The number of amides is 1. The van der Waals surface area contributed by atoms with Crippen LogP contribution < -0.4 is 5.32 Å². The molecule has 0 saturated carbocycles. The van der Waals surface area contributed by atoms with Crippen molar-refractivity contribution in [1.29, 1.82) is 0 Å². The van der Waals surface area contributed by atoms with Gasteiger partial charge in [-0.1, -0.05) is 18.2 Å². The Hall–Kier alpha value is -1.96. The first-order valence-corrected chi connectivity index (χ1v) is 5.51. The number of rotatable bonds is 2. The van der Waals surface area contributed by atoms with Gasteiger partial charge in [-0.2, -0.15) is 17.5 Å². The Bertz CT molecular complexity index is 553. The van der Waals surface area contributed by atoms with Gasteiger partial charge in [0.25, 0.3) is 5.91 Å². The van der Waals surface area contributed by atoms with Crippen molar-refractivity contribution in [2.75, 3.05) is 5.32 Å². The van der Waals surface area contributed by atoms with E-state index in [1.165, 1.54) is 0 Å². The third-order valence-electron chi connectivity index (χ3n) is 1.91. The van der Waals surface area contributed by atoms with Gasteiger partial charge in [0.1, 0.15) is 0 Å². The normalized spacial score (nSPS) is 11.3. The van der Waals surface area contributed by atoms with Gasteiger partial charge in [0.2, 0.25) is 10.8 Å². The number of nitrogens with one attached hydrogen (secondary N) is 1. The molecule has 0 radical (unpaired) electrons. The fourth-order valence-corrected chi connectivity index (χ4v) is 1.72. The van der Waals surface area contributed by atoms with Crippen molar-refractivity contribution in [1.82, 2.24) is 9.36 Å². The minimum atomic E-state index is -4.64. The van der Waals surface area contributed by atoms with Crippen molar-refractivity contribution < 1.29 is 18.0 Å². The monoisotopic (exact) mass is 273 g/mol. The van der Waals surface area contributed by atoms with Crippen LogP contribution in [0.2, 0.25) is 0 Å². The summed E-state index contributed by atoms with van der Waals surface area (Å²) in [4.78, 5) is 14.7. The van der Waals surface area contributed by atoms with Crippen LogP contribution in [-0.4, -0.2) is 15.3 Å². The Kier molecular flexibility index (Phi) is 3.28. The molecule has 18 heavy (non-hydrogen) atoms. The lowest BCUT2D eigenvalue weighted by Gasteiger charge is -2.01. The zero-order valence-corrected chi connectivity index (χ0v) is 9.55. The van der Waals surface area contributed by atoms with E-state index >= 15 is 0 Å². The van der Waals surface area contributed by atoms with Gasteiger partial charge >= 0.3 is 6.18 Å². The molecule has 0 unspecified atom stereocenters. The third-order valence-corrected chi connectivity index (χ3v) is 2.62. The van der Waals surface area contributed by atoms with Gasteiger partial charge in [-0.25, -0.2) is 4.98 Å². The first-order valence-electron chi connectivity index (χ1n) is 4.74. The van der Waals surface area contributed by atoms with Crippen molar-refractivity contribution in [3.63, 3.8) is 0 Å². The summed E-state index contributed by atoms with van der Waals surface area (Å²) in [7, 11) is 0. The molecule has 0 saturated heterocycles. The number of carbonyl (C=O) groups is 1. The summed E-state index contributed by atoms with van der Waals surface area (Å²) in [5.74, 6) is -2.01. The molecular weight excluding hydrogens is 267 g/mol. The molecule has 94 valence electrons. The van der Waals surface area contributed by atoms with E-state index in [0.717, 1.165) is 0 Å². The summed E-state index contributed by atoms with van der Waals surface area (Å²) in [6, 6.07) is 8.36. The number of para-hydroxylation sites is 1. The lowest BCUT2D eigenvalue weighted by molar-refractivity contribution is -0.144. The standard InChI is InChI=1S/C10H6F3N3OS/c11-10(12,13)9-15-8(18-16-9)7(17)14-6-4-2-1-3-5-6/h1-5H,(H,14,17). The van der Waals surface area contributed by atoms with E-state index in [1.807, 2.05) is 0 Å². The largest absolute Gasteiger partial charge is 0.452 e. The quantitative estimate of drug-likeness (QED) is 0.915. The number of alkyl halides is 3. The summed E-state index contributed by atoms with van der Waals surface area (Å²) < 4.78 is 39.8. The number of hydrogen-bond donors (Lipinski definition) is 1. The van der Waals surface area contributed by atoms with E-state index in [1.54, 1.807) is 30.3 Å². The zero-order valence-electron chi connectivity index (χ0n) is 8.73. The molecule has 0 bridgehead atoms. The number of benzene rings is 1. The Morgan fingerprint density at radius 1 is 1.22 bits per heavy atom. The smallest absolute Gasteiger partial charge is 0.320 e. The first-order chi connectivity index (χ1) is 8.47. The van der Waals surface area contributed by atoms with Crippen molar-refractivity contribution in [3.05, 3.63) is 41.2 Å². The Morgan fingerprint density at radius 3 is 2.44 bits per heavy atom. The van der Waals surface area contributed by atoms with Crippen molar-refractivity contribution >= 4 is 23.1 Å². The van der Waals surface area contributed by atoms with Crippen LogP contribution in [-0.2, 0) is 6.18 Å². The average molecular weight is 273 g/mol. The molecule has 1 amide bonds. The number of nitrogens with zero attached hydrogens (tertiary/aromatic N) is 2. The second-order valence-corrected chi connectivity index (χ2v) is 3.99. The number of anilines is 1. The van der Waals surface area contributed by atoms with Crippen LogP contribution >= 0.6 is 11.5 Å². The molecule has 8 heteroatoms. The number of hydrogen-bond acceptors (Lipinski definition) is 4. The second kappa shape index (κ2) is 4.73. The fraction of sp³-hybridized carbons (Fsp3) is 0.100. The van der Waals surface area contributed by atoms with E-state index in [-0.39, 0.29) is 5.01 Å². The Labute approximate surface area is 104 Å². The van der Waals surface area contributed by atoms with Crippen LogP contribution in [0.4, 0.5) is 18.9 Å². The van der Waals surface area contributed by atoms with Crippen molar-refractivity contribution in [2.24, 2.45) is 0 Å². The maximum Gasteiger partial charge on any atom is 0.452 e. The van der Waals surface area contributed by atoms with E-state index in [2.05, 4.69) is 14.7 Å². The van der Waals surface area contributed by atoms with Crippen molar-refractivity contribution in [3.8, 4) is 0 Å². The fourth-order valence-electron chi connectivity index (χ4n) is 1.14. The summed E-state index contributed by atoms with van der Waals surface area (Å²) in [5, 5.41) is 2.10. The highest BCUT2D eigenvalue weighted by atomic mass is 32.1. The molecule has 4 nitrogen and oxygen atoms in total. The van der Waals surface area contributed by atoms with Gasteiger partial charge in [0.15, 0.2) is 0 Å². The highest BCUT2D eigenvalue weighted by Crippen LogP contribution is 2.27. The van der Waals surface area contributed by atoms with E-state index in [4.69, 9.17) is 0 Å². The van der Waals surface area contributed by atoms with Crippen LogP contribution in [0.1, 0.15) is 15.6 Å². The van der Waals surface area contributed by atoms with Gasteiger partial charge in [-0.15, -0.1) is 0 Å². The lowest BCUT2D eigenvalue weighted by atomic mass is 10.3. The summed E-state index contributed by atoms with van der Waals surface area (Å²) in [5.41, 5.74) is 0.478. The number of carbonyl (C=O) groups excluding carboxylic acids is 1. The van der Waals surface area contributed by atoms with Gasteiger partial charge < -0.3 is 5.32 Å². The van der Waals surface area contributed by atoms with E-state index in [0.29, 0.717) is 17.2 Å². The molecule has 0 aliphatic rings. The molecule has 0 aliphatic carbocycles. The molecule has 1 aromatic carbocycles. The molecule has 1 aromatic heterocycles. The minimum absolute atomic E-state index is 0.328. The van der Waals surface area contributed by atoms with Crippen LogP contribution in [0.5, 0.6) is 0 Å². The maximum atomic E-state index is 12.2.